The molecule has 0 radical (unpaired) electrons. The normalized spacial score (nSPS) is 15.5. The molecule has 0 amide bonds. The molecule has 1 fully saturated rings. The van der Waals surface area contributed by atoms with Gasteiger partial charge in [0.15, 0.2) is 15.0 Å². The van der Waals surface area contributed by atoms with Crippen molar-refractivity contribution < 1.29 is 12.8 Å². The molecule has 2 heterocycles. The highest BCUT2D eigenvalue weighted by Gasteiger charge is 2.32. The molecule has 0 saturated carbocycles. The smallest absolute Gasteiger partial charge is 0.185 e. The van der Waals surface area contributed by atoms with Crippen LogP contribution in [0.1, 0.15) is 29.7 Å². The second-order valence-corrected chi connectivity index (χ2v) is 11.1. The number of halogens is 2. The minimum Gasteiger partial charge on any atom is -0.348 e. The summed E-state index contributed by atoms with van der Waals surface area (Å²) in [6.45, 7) is 3.24. The highest BCUT2D eigenvalue weighted by molar-refractivity contribution is 7.92. The van der Waals surface area contributed by atoms with Gasteiger partial charge in [-0.3, -0.25) is 0 Å². The Balaban J connectivity index is 1.40. The lowest BCUT2D eigenvalue weighted by Crippen LogP contribution is -2.39. The summed E-state index contributed by atoms with van der Waals surface area (Å²) in [5, 5.41) is 2.84. The second-order valence-electron chi connectivity index (χ2n) is 7.62. The van der Waals surface area contributed by atoms with Crippen LogP contribution in [-0.4, -0.2) is 31.7 Å². The number of piperidine rings is 1. The molecule has 0 N–H and O–H groups in total. The first kappa shape index (κ1) is 21.3. The Kier molecular flexibility index (Phi) is 6.14. The molecule has 3 aromatic rings. The van der Waals surface area contributed by atoms with Gasteiger partial charge < -0.3 is 4.90 Å². The summed E-state index contributed by atoms with van der Waals surface area (Å²) in [7, 11) is -3.32. The van der Waals surface area contributed by atoms with Crippen LogP contribution in [0.15, 0.2) is 52.7 Å². The molecule has 0 aliphatic carbocycles. The van der Waals surface area contributed by atoms with E-state index in [9.17, 15) is 12.8 Å². The predicted octanol–water partition coefficient (Wildman–Crippen LogP) is 5.28. The number of benzene rings is 2. The Morgan fingerprint density at radius 3 is 2.53 bits per heavy atom. The van der Waals surface area contributed by atoms with Crippen molar-refractivity contribution in [3.05, 3.63) is 75.5 Å². The lowest BCUT2D eigenvalue weighted by molar-refractivity contribution is 0.529. The van der Waals surface area contributed by atoms with Gasteiger partial charge >= 0.3 is 0 Å². The minimum atomic E-state index is -3.32. The maximum atomic E-state index is 13.5. The van der Waals surface area contributed by atoms with Gasteiger partial charge in [-0.1, -0.05) is 29.3 Å². The number of aromatic nitrogens is 1. The molecule has 4 rings (SSSR count). The third kappa shape index (κ3) is 4.68. The van der Waals surface area contributed by atoms with Gasteiger partial charge in [-0.2, -0.15) is 0 Å². The zero-order chi connectivity index (χ0) is 21.3. The number of sulfone groups is 1. The Labute approximate surface area is 185 Å². The van der Waals surface area contributed by atoms with E-state index in [-0.39, 0.29) is 11.1 Å². The van der Waals surface area contributed by atoms with Gasteiger partial charge in [0.05, 0.1) is 15.8 Å². The van der Waals surface area contributed by atoms with Crippen molar-refractivity contribution in [2.24, 2.45) is 0 Å². The van der Waals surface area contributed by atoms with E-state index in [1.807, 2.05) is 24.4 Å². The highest BCUT2D eigenvalue weighted by Crippen LogP contribution is 2.30. The fourth-order valence-corrected chi connectivity index (χ4v) is 6.58. The number of hydrogen-bond donors (Lipinski definition) is 0. The fourth-order valence-electron chi connectivity index (χ4n) is 3.72. The molecule has 1 saturated heterocycles. The third-order valence-corrected chi connectivity index (χ3v) is 8.79. The van der Waals surface area contributed by atoms with Crippen LogP contribution in [0.25, 0.3) is 0 Å². The van der Waals surface area contributed by atoms with Gasteiger partial charge in [0.2, 0.25) is 0 Å². The van der Waals surface area contributed by atoms with E-state index >= 15 is 0 Å². The van der Waals surface area contributed by atoms with E-state index in [0.717, 1.165) is 22.0 Å². The first-order valence-corrected chi connectivity index (χ1v) is 12.6. The topological polar surface area (TPSA) is 50.3 Å². The molecule has 30 heavy (non-hydrogen) atoms. The second kappa shape index (κ2) is 8.65. The van der Waals surface area contributed by atoms with E-state index < -0.39 is 9.84 Å². The molecule has 1 aliphatic rings. The summed E-state index contributed by atoms with van der Waals surface area (Å²) in [6, 6.07) is 11.6. The van der Waals surface area contributed by atoms with E-state index in [1.165, 1.54) is 23.5 Å². The standard InChI is InChI=1S/C22H22ClFN2O2S2/c1-15-2-4-20(5-3-15)30(27,28)21-6-8-26(9-7-21)22-25-19(14-29-22)12-16-10-17(23)13-18(24)11-16/h2-5,10-11,13-14,21H,6-9,12H2,1H3. The molecular formula is C22H22ClFN2O2S2. The number of nitrogens with zero attached hydrogens (tertiary/aromatic N) is 2. The maximum absolute atomic E-state index is 13.5. The van der Waals surface area contributed by atoms with Crippen LogP contribution in [0, 0.1) is 12.7 Å². The van der Waals surface area contributed by atoms with Gasteiger partial charge in [-0.25, -0.2) is 17.8 Å². The summed E-state index contributed by atoms with van der Waals surface area (Å²) < 4.78 is 39.4. The predicted molar refractivity (Wildman–Crippen MR) is 120 cm³/mol. The first-order valence-electron chi connectivity index (χ1n) is 9.76. The minimum absolute atomic E-state index is 0.357. The lowest BCUT2D eigenvalue weighted by Gasteiger charge is -2.31. The summed E-state index contributed by atoms with van der Waals surface area (Å²) in [6.07, 6.45) is 1.65. The van der Waals surface area contributed by atoms with Gasteiger partial charge in [0.25, 0.3) is 0 Å². The van der Waals surface area contributed by atoms with Crippen LogP contribution in [0.5, 0.6) is 0 Å². The van der Waals surface area contributed by atoms with Gasteiger partial charge in [-0.15, -0.1) is 11.3 Å². The Morgan fingerprint density at radius 2 is 1.87 bits per heavy atom. The Bertz CT molecular complexity index is 1120. The molecule has 0 spiro atoms. The van der Waals surface area contributed by atoms with Crippen molar-refractivity contribution in [3.63, 3.8) is 0 Å². The van der Waals surface area contributed by atoms with E-state index in [1.54, 1.807) is 18.2 Å². The summed E-state index contributed by atoms with van der Waals surface area (Å²) in [5.74, 6) is -0.357. The summed E-state index contributed by atoms with van der Waals surface area (Å²) in [5.41, 5.74) is 2.68. The molecule has 0 bridgehead atoms. The summed E-state index contributed by atoms with van der Waals surface area (Å²) >= 11 is 7.46. The average Bonchev–Trinajstić information content (AvgIpc) is 3.16. The molecule has 0 atom stereocenters. The summed E-state index contributed by atoms with van der Waals surface area (Å²) in [4.78, 5) is 7.21. The van der Waals surface area contributed by atoms with Crippen LogP contribution >= 0.6 is 22.9 Å². The van der Waals surface area contributed by atoms with Crippen molar-refractivity contribution >= 4 is 37.9 Å². The molecule has 4 nitrogen and oxygen atoms in total. The molecule has 158 valence electrons. The Hall–Kier alpha value is -1.96. The fraction of sp³-hybridized carbons (Fsp3) is 0.318. The van der Waals surface area contributed by atoms with Crippen molar-refractivity contribution in [2.75, 3.05) is 18.0 Å². The van der Waals surface area contributed by atoms with Crippen molar-refractivity contribution in [3.8, 4) is 0 Å². The van der Waals surface area contributed by atoms with E-state index in [4.69, 9.17) is 11.6 Å². The number of rotatable bonds is 5. The maximum Gasteiger partial charge on any atom is 0.185 e. The van der Waals surface area contributed by atoms with Crippen molar-refractivity contribution in [1.29, 1.82) is 0 Å². The number of hydrogen-bond acceptors (Lipinski definition) is 5. The van der Waals surface area contributed by atoms with Gasteiger partial charge in [0, 0.05) is 29.9 Å². The van der Waals surface area contributed by atoms with Crippen LogP contribution in [-0.2, 0) is 16.3 Å². The molecule has 2 aromatic carbocycles. The molecular weight excluding hydrogens is 443 g/mol. The lowest BCUT2D eigenvalue weighted by atomic mass is 10.1. The number of anilines is 1. The van der Waals surface area contributed by atoms with Crippen LogP contribution in [0.2, 0.25) is 5.02 Å². The zero-order valence-electron chi connectivity index (χ0n) is 16.5. The van der Waals surface area contributed by atoms with Crippen LogP contribution in [0.4, 0.5) is 9.52 Å². The largest absolute Gasteiger partial charge is 0.348 e. The quantitative estimate of drug-likeness (QED) is 0.515. The molecule has 1 aromatic heterocycles. The van der Waals surface area contributed by atoms with Crippen molar-refractivity contribution in [2.45, 2.75) is 36.3 Å². The number of thiazole rings is 1. The van der Waals surface area contributed by atoms with E-state index in [2.05, 4.69) is 9.88 Å². The number of aryl methyl sites for hydroxylation is 1. The third-order valence-electron chi connectivity index (χ3n) is 5.35. The highest BCUT2D eigenvalue weighted by atomic mass is 35.5. The van der Waals surface area contributed by atoms with Crippen LogP contribution in [0.3, 0.4) is 0 Å². The molecule has 8 heteroatoms. The van der Waals surface area contributed by atoms with Gasteiger partial charge in [-0.05, 0) is 55.7 Å². The monoisotopic (exact) mass is 464 g/mol. The van der Waals surface area contributed by atoms with Crippen LogP contribution < -0.4 is 4.90 Å². The average molecular weight is 465 g/mol. The zero-order valence-corrected chi connectivity index (χ0v) is 18.9. The van der Waals surface area contributed by atoms with Crippen molar-refractivity contribution in [1.82, 2.24) is 4.98 Å². The Morgan fingerprint density at radius 1 is 1.17 bits per heavy atom. The first-order chi connectivity index (χ1) is 14.3. The van der Waals surface area contributed by atoms with E-state index in [0.29, 0.717) is 42.3 Å². The molecule has 0 unspecified atom stereocenters. The van der Waals surface area contributed by atoms with Gasteiger partial charge in [0.1, 0.15) is 5.82 Å². The SMILES string of the molecule is Cc1ccc(S(=O)(=O)C2CCN(c3nc(Cc4cc(F)cc(Cl)c4)cs3)CC2)cc1. The molecule has 1 aliphatic heterocycles.